The number of hydrogen-bond acceptors (Lipinski definition) is 6. The molecule has 30 heavy (non-hydrogen) atoms. The molecule has 3 rings (SSSR count). The van der Waals surface area contributed by atoms with Crippen LogP contribution in [0.3, 0.4) is 0 Å². The Morgan fingerprint density at radius 3 is 2.77 bits per heavy atom. The van der Waals surface area contributed by atoms with E-state index in [4.69, 9.17) is 25.8 Å². The summed E-state index contributed by atoms with van der Waals surface area (Å²) in [6, 6.07) is 10.8. The molecular formula is C22H24ClNO6. The smallest absolute Gasteiger partial charge is 0.406 e. The molecule has 0 aliphatic carbocycles. The largest absolute Gasteiger partial charge is 0.493 e. The van der Waals surface area contributed by atoms with Gasteiger partial charge in [0.05, 0.1) is 33.0 Å². The van der Waals surface area contributed by atoms with Crippen molar-refractivity contribution in [2.75, 3.05) is 34.0 Å². The molecule has 0 fully saturated rings. The Labute approximate surface area is 180 Å². The SMILES string of the molecule is COC(=O)NCCOC(c1cccc(Cl)c1)c1cc(C(=O)OC)cc2c1CCCO2. The monoisotopic (exact) mass is 433 g/mol. The molecule has 0 spiro atoms. The standard InChI is InChI=1S/C22H24ClNO6/c1-27-21(25)15-12-18(17-7-4-9-29-19(17)13-15)20(14-5-3-6-16(23)11-14)30-10-8-24-22(26)28-2/h3,5-6,11-13,20H,4,7-10H2,1-2H3,(H,24,26). The summed E-state index contributed by atoms with van der Waals surface area (Å²) in [5.41, 5.74) is 3.01. The average Bonchev–Trinajstić information content (AvgIpc) is 2.77. The molecule has 1 atom stereocenters. The van der Waals surface area contributed by atoms with E-state index in [1.807, 2.05) is 18.2 Å². The Bertz CT molecular complexity index is 916. The molecule has 8 heteroatoms. The first-order chi connectivity index (χ1) is 14.5. The van der Waals surface area contributed by atoms with Gasteiger partial charge in [-0.25, -0.2) is 9.59 Å². The van der Waals surface area contributed by atoms with Crippen molar-refractivity contribution in [2.24, 2.45) is 0 Å². The third kappa shape index (κ3) is 5.23. The predicted octanol–water partition coefficient (Wildman–Crippen LogP) is 3.91. The molecule has 0 bridgehead atoms. The van der Waals surface area contributed by atoms with E-state index in [1.54, 1.807) is 18.2 Å². The summed E-state index contributed by atoms with van der Waals surface area (Å²) in [4.78, 5) is 23.5. The number of hydrogen-bond donors (Lipinski definition) is 1. The van der Waals surface area contributed by atoms with Crippen LogP contribution in [0.4, 0.5) is 4.79 Å². The van der Waals surface area contributed by atoms with E-state index >= 15 is 0 Å². The Hall–Kier alpha value is -2.77. The minimum atomic E-state index is -0.531. The van der Waals surface area contributed by atoms with Gasteiger partial charge >= 0.3 is 12.1 Å². The van der Waals surface area contributed by atoms with Gasteiger partial charge in [-0.3, -0.25) is 0 Å². The summed E-state index contributed by atoms with van der Waals surface area (Å²) in [6.45, 7) is 1.08. The van der Waals surface area contributed by atoms with Crippen LogP contribution in [0.25, 0.3) is 0 Å². The molecule has 1 aliphatic heterocycles. The highest BCUT2D eigenvalue weighted by Crippen LogP contribution is 2.38. The van der Waals surface area contributed by atoms with Crippen molar-refractivity contribution in [3.05, 3.63) is 63.7 Å². The summed E-state index contributed by atoms with van der Waals surface area (Å²) < 4.78 is 21.5. The van der Waals surface area contributed by atoms with Crippen molar-refractivity contribution in [3.63, 3.8) is 0 Å². The molecule has 7 nitrogen and oxygen atoms in total. The Morgan fingerprint density at radius 2 is 2.03 bits per heavy atom. The van der Waals surface area contributed by atoms with Crippen LogP contribution in [-0.2, 0) is 20.6 Å². The second kappa shape index (κ2) is 10.3. The molecule has 1 aliphatic rings. The van der Waals surface area contributed by atoms with Gasteiger partial charge in [0.2, 0.25) is 0 Å². The highest BCUT2D eigenvalue weighted by molar-refractivity contribution is 6.30. The van der Waals surface area contributed by atoms with Crippen LogP contribution in [-0.4, -0.2) is 46.0 Å². The van der Waals surface area contributed by atoms with Crippen LogP contribution in [0.15, 0.2) is 36.4 Å². The second-order valence-electron chi connectivity index (χ2n) is 6.71. The third-order valence-electron chi connectivity index (χ3n) is 4.77. The van der Waals surface area contributed by atoms with Crippen LogP contribution in [0.1, 0.15) is 39.6 Å². The number of benzene rings is 2. The maximum atomic E-state index is 12.2. The van der Waals surface area contributed by atoms with Gasteiger partial charge < -0.3 is 24.3 Å². The Kier molecular flexibility index (Phi) is 7.54. The van der Waals surface area contributed by atoms with Crippen molar-refractivity contribution in [1.29, 1.82) is 0 Å². The van der Waals surface area contributed by atoms with Gasteiger partial charge in [0, 0.05) is 17.1 Å². The second-order valence-corrected chi connectivity index (χ2v) is 7.15. The van der Waals surface area contributed by atoms with Crippen LogP contribution < -0.4 is 10.1 Å². The van der Waals surface area contributed by atoms with E-state index in [9.17, 15) is 9.59 Å². The van der Waals surface area contributed by atoms with Gasteiger partial charge in [-0.15, -0.1) is 0 Å². The van der Waals surface area contributed by atoms with Crippen molar-refractivity contribution < 1.29 is 28.5 Å². The van der Waals surface area contributed by atoms with Gasteiger partial charge in [0.15, 0.2) is 0 Å². The lowest BCUT2D eigenvalue weighted by molar-refractivity contribution is 0.0597. The van der Waals surface area contributed by atoms with E-state index < -0.39 is 18.2 Å². The molecule has 1 unspecified atom stereocenters. The zero-order chi connectivity index (χ0) is 21.5. The van der Waals surface area contributed by atoms with E-state index in [1.165, 1.54) is 14.2 Å². The maximum absolute atomic E-state index is 12.2. The van der Waals surface area contributed by atoms with E-state index in [0.717, 1.165) is 29.5 Å². The fraction of sp³-hybridized carbons (Fsp3) is 0.364. The van der Waals surface area contributed by atoms with Gasteiger partial charge in [0.1, 0.15) is 11.9 Å². The number of amides is 1. The van der Waals surface area contributed by atoms with Crippen molar-refractivity contribution in [3.8, 4) is 5.75 Å². The third-order valence-corrected chi connectivity index (χ3v) is 5.00. The lowest BCUT2D eigenvalue weighted by Crippen LogP contribution is -2.28. The maximum Gasteiger partial charge on any atom is 0.406 e. The van der Waals surface area contributed by atoms with Crippen LogP contribution in [0.2, 0.25) is 5.02 Å². The first-order valence-corrected chi connectivity index (χ1v) is 9.98. The molecule has 160 valence electrons. The van der Waals surface area contributed by atoms with Gasteiger partial charge in [-0.2, -0.15) is 0 Å². The highest BCUT2D eigenvalue weighted by atomic mass is 35.5. The minimum Gasteiger partial charge on any atom is -0.493 e. The van der Waals surface area contributed by atoms with Gasteiger partial charge in [-0.05, 0) is 48.2 Å². The zero-order valence-electron chi connectivity index (χ0n) is 16.9. The fourth-order valence-electron chi connectivity index (χ4n) is 3.40. The van der Waals surface area contributed by atoms with Gasteiger partial charge in [-0.1, -0.05) is 23.7 Å². The number of methoxy groups -OCH3 is 2. The summed E-state index contributed by atoms with van der Waals surface area (Å²) in [7, 11) is 2.64. The average molecular weight is 434 g/mol. The van der Waals surface area contributed by atoms with Crippen molar-refractivity contribution in [1.82, 2.24) is 5.32 Å². The minimum absolute atomic E-state index is 0.227. The molecule has 2 aromatic carbocycles. The number of rotatable bonds is 7. The summed E-state index contributed by atoms with van der Waals surface area (Å²) in [5, 5.41) is 3.16. The Morgan fingerprint density at radius 1 is 1.20 bits per heavy atom. The number of fused-ring (bicyclic) bond motifs is 1. The zero-order valence-corrected chi connectivity index (χ0v) is 17.7. The fourth-order valence-corrected chi connectivity index (χ4v) is 3.60. The summed E-state index contributed by atoms with van der Waals surface area (Å²) in [6.07, 6.45) is 0.621. The molecule has 1 N–H and O–H groups in total. The molecular weight excluding hydrogens is 410 g/mol. The molecule has 0 saturated carbocycles. The lowest BCUT2D eigenvalue weighted by atomic mass is 9.90. The molecule has 1 heterocycles. The number of carbonyl (C=O) groups is 2. The number of alkyl carbamates (subject to hydrolysis) is 1. The van der Waals surface area contributed by atoms with E-state index in [0.29, 0.717) is 22.9 Å². The Balaban J connectivity index is 1.99. The number of halogens is 1. The number of nitrogens with one attached hydrogen (secondary N) is 1. The molecule has 1 amide bonds. The van der Waals surface area contributed by atoms with Gasteiger partial charge in [0.25, 0.3) is 0 Å². The summed E-state index contributed by atoms with van der Waals surface area (Å²) >= 11 is 6.22. The van der Waals surface area contributed by atoms with E-state index in [-0.39, 0.29) is 13.2 Å². The normalized spacial score (nSPS) is 13.6. The number of ether oxygens (including phenoxy) is 4. The van der Waals surface area contributed by atoms with Crippen molar-refractivity contribution >= 4 is 23.7 Å². The van der Waals surface area contributed by atoms with Crippen molar-refractivity contribution in [2.45, 2.75) is 18.9 Å². The van der Waals surface area contributed by atoms with Crippen LogP contribution >= 0.6 is 11.6 Å². The van der Waals surface area contributed by atoms with Crippen LogP contribution in [0.5, 0.6) is 5.75 Å². The number of carbonyl (C=O) groups excluding carboxylic acids is 2. The topological polar surface area (TPSA) is 83.1 Å². The first-order valence-electron chi connectivity index (χ1n) is 9.60. The predicted molar refractivity (Wildman–Crippen MR) is 111 cm³/mol. The molecule has 0 radical (unpaired) electrons. The molecule has 0 aromatic heterocycles. The van der Waals surface area contributed by atoms with Crippen LogP contribution in [0, 0.1) is 0 Å². The number of esters is 1. The molecule has 0 saturated heterocycles. The first kappa shape index (κ1) is 21.9. The lowest BCUT2D eigenvalue weighted by Gasteiger charge is -2.27. The molecule has 2 aromatic rings. The quantitative estimate of drug-likeness (QED) is 0.526. The highest BCUT2D eigenvalue weighted by Gasteiger charge is 2.26. The van der Waals surface area contributed by atoms with E-state index in [2.05, 4.69) is 10.1 Å². The summed E-state index contributed by atoms with van der Waals surface area (Å²) in [5.74, 6) is 0.202.